The molecular weight excluding hydrogens is 106 g/mol. The highest BCUT2D eigenvalue weighted by Gasteiger charge is 1.95. The zero-order chi connectivity index (χ0) is 9.07. The van der Waals surface area contributed by atoms with Crippen molar-refractivity contribution >= 4 is 11.5 Å². The molecule has 0 unspecified atom stereocenters. The van der Waals surface area contributed by atoms with E-state index >= 15 is 0 Å². The summed E-state index contributed by atoms with van der Waals surface area (Å²) in [4.78, 5) is 15.0. The summed E-state index contributed by atoms with van der Waals surface area (Å²) in [5.74, 6) is -0.987. The summed E-state index contributed by atoms with van der Waals surface area (Å²) in [5.41, 5.74) is -0.146. The first-order valence-electron chi connectivity index (χ1n) is 3.52. The minimum atomic E-state index is -2.62. The lowest BCUT2D eigenvalue weighted by Crippen LogP contribution is -2.03. The fraction of sp³-hybridized carbons (Fsp3) is 0.600. The summed E-state index contributed by atoms with van der Waals surface area (Å²) < 4.78 is 20.1. The fourth-order valence-electron chi connectivity index (χ4n) is 0.178. The van der Waals surface area contributed by atoms with E-state index in [-0.39, 0.29) is 5.71 Å². The Morgan fingerprint density at radius 1 is 1.88 bits per heavy atom. The van der Waals surface area contributed by atoms with Gasteiger partial charge < -0.3 is 4.84 Å². The van der Waals surface area contributed by atoms with Gasteiger partial charge >= 0.3 is 0 Å². The van der Waals surface area contributed by atoms with Crippen LogP contribution < -0.4 is 0 Å². The summed E-state index contributed by atoms with van der Waals surface area (Å²) in [6, 6.07) is 0. The maximum absolute atomic E-state index is 10.8. The third-order valence-electron chi connectivity index (χ3n) is 0.557. The Morgan fingerprint density at radius 2 is 2.50 bits per heavy atom. The van der Waals surface area contributed by atoms with Gasteiger partial charge in [0, 0.05) is 11.0 Å². The molecule has 0 aromatic rings. The molecule has 0 bridgehead atoms. The number of ketones is 1. The van der Waals surface area contributed by atoms with Crippen LogP contribution in [0, 0.1) is 0 Å². The lowest BCUT2D eigenvalue weighted by Gasteiger charge is -1.88. The van der Waals surface area contributed by atoms with Crippen LogP contribution in [0.5, 0.6) is 0 Å². The predicted octanol–water partition coefficient (Wildman–Crippen LogP) is 0.598. The molecule has 0 rings (SSSR count). The Balaban J connectivity index is 4.39. The predicted molar refractivity (Wildman–Crippen MR) is 30.8 cm³/mol. The van der Waals surface area contributed by atoms with Crippen molar-refractivity contribution in [3.05, 3.63) is 0 Å². The van der Waals surface area contributed by atoms with Gasteiger partial charge in [-0.2, -0.15) is 0 Å². The Kier molecular flexibility index (Phi) is 1.28. The van der Waals surface area contributed by atoms with Gasteiger partial charge in [0.2, 0.25) is 0 Å². The van der Waals surface area contributed by atoms with Gasteiger partial charge in [-0.15, -0.1) is 0 Å². The molecule has 0 aromatic carbocycles. The van der Waals surface area contributed by atoms with Crippen molar-refractivity contribution in [2.45, 2.75) is 13.8 Å². The van der Waals surface area contributed by atoms with Gasteiger partial charge in [-0.25, -0.2) is 0 Å². The average Bonchev–Trinajstić information content (AvgIpc) is 1.85. The van der Waals surface area contributed by atoms with E-state index in [4.69, 9.17) is 4.11 Å². The van der Waals surface area contributed by atoms with Gasteiger partial charge in [0.1, 0.15) is 12.8 Å². The van der Waals surface area contributed by atoms with Gasteiger partial charge in [-0.1, -0.05) is 5.16 Å². The van der Waals surface area contributed by atoms with Crippen LogP contribution in [0.25, 0.3) is 0 Å². The van der Waals surface area contributed by atoms with E-state index in [1.54, 1.807) is 0 Å². The SMILES string of the molecule is [2H]C([2H])([2H])C(=O)/C(C)=N/OC. The molecule has 0 fully saturated rings. The second-order valence-corrected chi connectivity index (χ2v) is 1.19. The van der Waals surface area contributed by atoms with Crippen molar-refractivity contribution in [2.75, 3.05) is 7.11 Å². The van der Waals surface area contributed by atoms with Gasteiger partial charge in [-0.05, 0) is 6.92 Å². The van der Waals surface area contributed by atoms with Crippen LogP contribution in [0.3, 0.4) is 0 Å². The molecule has 0 spiro atoms. The maximum atomic E-state index is 10.8. The zero-order valence-corrected chi connectivity index (χ0v) is 4.76. The number of Topliss-reactive ketones (excluding diaryl/α,β-unsaturated/α-hetero) is 1. The Hall–Kier alpha value is -0.860. The van der Waals surface area contributed by atoms with Gasteiger partial charge in [0.15, 0.2) is 5.78 Å². The Morgan fingerprint density at radius 3 is 2.88 bits per heavy atom. The second kappa shape index (κ2) is 3.18. The quantitative estimate of drug-likeness (QED) is 0.393. The molecule has 0 saturated carbocycles. The lowest BCUT2D eigenvalue weighted by atomic mass is 10.3. The lowest BCUT2D eigenvalue weighted by molar-refractivity contribution is -0.111. The van der Waals surface area contributed by atoms with Crippen LogP contribution in [0.1, 0.15) is 17.9 Å². The summed E-state index contributed by atoms with van der Waals surface area (Å²) >= 11 is 0. The minimum absolute atomic E-state index is 0.146. The van der Waals surface area contributed by atoms with Crippen molar-refractivity contribution in [3.8, 4) is 0 Å². The standard InChI is InChI=1S/C5H9NO2/c1-4(5(2)7)6-8-3/h1-3H3/b6-4+/i2D3. The first-order chi connectivity index (χ1) is 4.89. The number of hydrogen-bond donors (Lipinski definition) is 0. The summed E-state index contributed by atoms with van der Waals surface area (Å²) in [6.07, 6.45) is 0. The van der Waals surface area contributed by atoms with Gasteiger partial charge in [0.05, 0.1) is 0 Å². The molecule has 8 heavy (non-hydrogen) atoms. The van der Waals surface area contributed by atoms with Crippen molar-refractivity contribution in [1.29, 1.82) is 0 Å². The number of rotatable bonds is 2. The first-order valence-corrected chi connectivity index (χ1v) is 2.02. The normalized spacial score (nSPS) is 18.2. The van der Waals surface area contributed by atoms with E-state index in [9.17, 15) is 4.79 Å². The van der Waals surface area contributed by atoms with Crippen LogP contribution in [-0.4, -0.2) is 18.6 Å². The summed E-state index contributed by atoms with van der Waals surface area (Å²) in [7, 11) is 1.25. The van der Waals surface area contributed by atoms with E-state index < -0.39 is 12.6 Å². The minimum Gasteiger partial charge on any atom is -0.399 e. The summed E-state index contributed by atoms with van der Waals surface area (Å²) in [5, 5.41) is 3.20. The van der Waals surface area contributed by atoms with Crippen LogP contribution in [0.4, 0.5) is 0 Å². The van der Waals surface area contributed by atoms with E-state index in [2.05, 4.69) is 9.99 Å². The molecular formula is C5H9NO2. The smallest absolute Gasteiger partial charge is 0.177 e. The molecule has 0 saturated heterocycles. The molecule has 3 heteroatoms. The van der Waals surface area contributed by atoms with Crippen LogP contribution in [-0.2, 0) is 9.63 Å². The molecule has 0 aliphatic carbocycles. The van der Waals surface area contributed by atoms with Gasteiger partial charge in [-0.3, -0.25) is 4.79 Å². The van der Waals surface area contributed by atoms with Crippen molar-refractivity contribution in [3.63, 3.8) is 0 Å². The maximum Gasteiger partial charge on any atom is 0.177 e. The third-order valence-corrected chi connectivity index (χ3v) is 0.557. The monoisotopic (exact) mass is 118 g/mol. The van der Waals surface area contributed by atoms with Crippen LogP contribution in [0.15, 0.2) is 5.16 Å². The highest BCUT2D eigenvalue weighted by molar-refractivity contribution is 6.37. The number of nitrogens with zero attached hydrogens (tertiary/aromatic N) is 1. The van der Waals surface area contributed by atoms with Crippen molar-refractivity contribution in [2.24, 2.45) is 5.16 Å². The molecule has 0 amide bonds. The number of carbonyl (C=O) groups is 1. The molecule has 0 radical (unpaired) electrons. The first kappa shape index (κ1) is 3.22. The van der Waals surface area contributed by atoms with Gasteiger partial charge in [0.25, 0.3) is 0 Å². The van der Waals surface area contributed by atoms with E-state index in [0.717, 1.165) is 0 Å². The average molecular weight is 118 g/mol. The fourth-order valence-corrected chi connectivity index (χ4v) is 0.178. The van der Waals surface area contributed by atoms with Crippen LogP contribution in [0.2, 0.25) is 0 Å². The molecule has 0 heterocycles. The number of carbonyl (C=O) groups excluding carboxylic acids is 1. The molecule has 0 aliphatic heterocycles. The largest absolute Gasteiger partial charge is 0.399 e. The zero-order valence-electron chi connectivity index (χ0n) is 7.76. The molecule has 3 nitrogen and oxygen atoms in total. The Bertz CT molecular complexity index is 185. The molecule has 46 valence electrons. The van der Waals surface area contributed by atoms with E-state index in [1.807, 2.05) is 0 Å². The molecule has 0 atom stereocenters. The highest BCUT2D eigenvalue weighted by Crippen LogP contribution is 1.78. The van der Waals surface area contributed by atoms with Crippen molar-refractivity contribution < 1.29 is 13.7 Å². The second-order valence-electron chi connectivity index (χ2n) is 1.19. The number of oxime groups is 1. The number of hydrogen-bond acceptors (Lipinski definition) is 3. The van der Waals surface area contributed by atoms with Crippen LogP contribution >= 0.6 is 0 Å². The van der Waals surface area contributed by atoms with E-state index in [1.165, 1.54) is 14.0 Å². The summed E-state index contributed by atoms with van der Waals surface area (Å²) in [6.45, 7) is -1.33. The molecule has 0 aliphatic rings. The topological polar surface area (TPSA) is 38.7 Å². The highest BCUT2D eigenvalue weighted by atomic mass is 16.6. The van der Waals surface area contributed by atoms with E-state index in [0.29, 0.717) is 0 Å². The Labute approximate surface area is 52.5 Å². The van der Waals surface area contributed by atoms with Crippen molar-refractivity contribution in [1.82, 2.24) is 0 Å². The third kappa shape index (κ3) is 2.34. The molecule has 0 aromatic heterocycles. The molecule has 0 N–H and O–H groups in total.